The van der Waals surface area contributed by atoms with Crippen LogP contribution in [0, 0.1) is 0 Å². The number of nitrogens with two attached hydrogens (primary N) is 1. The van der Waals surface area contributed by atoms with Gasteiger partial charge in [-0.3, -0.25) is 14.6 Å². The molecular weight excluding hydrogens is 533 g/mol. The van der Waals surface area contributed by atoms with Crippen molar-refractivity contribution in [3.63, 3.8) is 0 Å². The Kier molecular flexibility index (Phi) is 7.96. The van der Waals surface area contributed by atoms with Gasteiger partial charge in [0.2, 0.25) is 0 Å². The van der Waals surface area contributed by atoms with Crippen LogP contribution in [0.3, 0.4) is 0 Å². The van der Waals surface area contributed by atoms with Gasteiger partial charge in [0, 0.05) is 37.5 Å². The number of benzene rings is 2. The maximum absolute atomic E-state index is 13.8. The molecule has 0 bridgehead atoms. The highest BCUT2D eigenvalue weighted by atomic mass is 35.5. The zero-order valence-corrected chi connectivity index (χ0v) is 21.4. The van der Waals surface area contributed by atoms with Gasteiger partial charge in [0.15, 0.2) is 5.54 Å². The predicted molar refractivity (Wildman–Crippen MR) is 132 cm³/mol. The van der Waals surface area contributed by atoms with Gasteiger partial charge in [-0.1, -0.05) is 35.9 Å². The lowest BCUT2D eigenvalue weighted by molar-refractivity contribution is -0.274. The first-order valence-corrected chi connectivity index (χ1v) is 12.8. The van der Waals surface area contributed by atoms with Crippen LogP contribution < -0.4 is 10.5 Å². The molecule has 1 spiro atoms. The summed E-state index contributed by atoms with van der Waals surface area (Å²) in [5.41, 5.74) is 6.69. The number of hydrogen-bond donors (Lipinski definition) is 2. The summed E-state index contributed by atoms with van der Waals surface area (Å²) in [4.78, 5) is 30.9. The minimum absolute atomic E-state index is 0.0377. The van der Waals surface area contributed by atoms with Crippen molar-refractivity contribution in [2.24, 2.45) is 5.73 Å². The summed E-state index contributed by atoms with van der Waals surface area (Å²) in [6.07, 6.45) is -5.54. The summed E-state index contributed by atoms with van der Waals surface area (Å²) >= 11 is 7.35. The lowest BCUT2D eigenvalue weighted by Crippen LogP contribution is -2.70. The Labute approximate surface area is 221 Å². The first-order valence-electron chi connectivity index (χ1n) is 11.4. The van der Waals surface area contributed by atoms with Crippen molar-refractivity contribution in [3.05, 3.63) is 64.7 Å². The summed E-state index contributed by atoms with van der Waals surface area (Å²) in [6, 6.07) is 12.2. The lowest BCUT2D eigenvalue weighted by atomic mass is 10.00. The fourth-order valence-electron chi connectivity index (χ4n) is 4.56. The van der Waals surface area contributed by atoms with Crippen molar-refractivity contribution in [1.82, 2.24) is 14.7 Å². The van der Waals surface area contributed by atoms with Gasteiger partial charge in [0.1, 0.15) is 11.9 Å². The summed E-state index contributed by atoms with van der Waals surface area (Å²) in [5, 5.41) is 9.35. The second-order valence-corrected chi connectivity index (χ2v) is 10.3. The van der Waals surface area contributed by atoms with E-state index < -0.39 is 35.4 Å². The van der Waals surface area contributed by atoms with Crippen molar-refractivity contribution in [2.45, 2.75) is 42.2 Å². The molecule has 3 N–H and O–H groups in total. The van der Waals surface area contributed by atoms with E-state index in [1.54, 1.807) is 18.2 Å². The molecule has 0 aliphatic carbocycles. The van der Waals surface area contributed by atoms with E-state index in [0.717, 1.165) is 10.5 Å². The third-order valence-corrected chi connectivity index (χ3v) is 8.08. The molecule has 2 aromatic rings. The number of imide groups is 1. The van der Waals surface area contributed by atoms with Crippen LogP contribution in [0.2, 0.25) is 5.02 Å². The van der Waals surface area contributed by atoms with E-state index in [9.17, 15) is 27.9 Å². The smallest absolute Gasteiger partial charge is 0.406 e. The fourth-order valence-corrected chi connectivity index (χ4v) is 6.22. The second kappa shape index (κ2) is 10.7. The van der Waals surface area contributed by atoms with Gasteiger partial charge >= 0.3 is 12.4 Å². The largest absolute Gasteiger partial charge is 0.573 e. The highest BCUT2D eigenvalue weighted by Crippen LogP contribution is 2.54. The summed E-state index contributed by atoms with van der Waals surface area (Å²) in [7, 11) is 1.52. The topological polar surface area (TPSA) is 99.1 Å². The number of amides is 3. The fraction of sp³-hybridized carbons (Fsp3) is 0.417. The van der Waals surface area contributed by atoms with Crippen LogP contribution in [-0.4, -0.2) is 75.4 Å². The van der Waals surface area contributed by atoms with Gasteiger partial charge in [0.05, 0.1) is 5.37 Å². The Morgan fingerprint density at radius 1 is 1.16 bits per heavy atom. The first-order chi connectivity index (χ1) is 17.5. The number of urea groups is 1. The van der Waals surface area contributed by atoms with Gasteiger partial charge in [-0.25, -0.2) is 4.79 Å². The van der Waals surface area contributed by atoms with Crippen LogP contribution in [0.5, 0.6) is 5.75 Å². The molecule has 0 aromatic heterocycles. The molecule has 2 aliphatic heterocycles. The number of aliphatic hydroxyl groups excluding tert-OH is 1. The summed E-state index contributed by atoms with van der Waals surface area (Å²) in [5.74, 6) is -0.523. The maximum Gasteiger partial charge on any atom is 0.573 e. The standard InChI is InChI=1S/C24H26ClF3N4O4S/c1-30-19(29)23(20(34)31(22(30)35)10-3-11-33)21(32(23)13-15-6-8-17(25)9-7-15)37-14-16-4-2-5-18(12-16)36-24(26,27)28/h2,4-9,12,19,21,33H,3,10-11,13-14,29H2,1H3/t19?,21-,23?,32?/m1/s1. The molecule has 200 valence electrons. The van der Waals surface area contributed by atoms with Crippen molar-refractivity contribution >= 4 is 35.3 Å². The van der Waals surface area contributed by atoms with Crippen molar-refractivity contribution in [3.8, 4) is 5.75 Å². The summed E-state index contributed by atoms with van der Waals surface area (Å²) < 4.78 is 42.0. The average Bonchev–Trinajstić information content (AvgIpc) is 3.48. The number of thioether (sulfide) groups is 1. The van der Waals surface area contributed by atoms with E-state index in [4.69, 9.17) is 17.3 Å². The molecule has 0 saturated carbocycles. The lowest BCUT2D eigenvalue weighted by Gasteiger charge is -2.42. The Bertz CT molecular complexity index is 1160. The molecule has 13 heteroatoms. The SMILES string of the molecule is CN1C(=O)N(CCCO)C(=O)C2(C1N)[C@@H](SCc1cccc(OC(F)(F)F)c1)N2Cc1ccc(Cl)cc1. The number of rotatable bonds is 9. The van der Waals surface area contributed by atoms with Crippen LogP contribution in [-0.2, 0) is 17.1 Å². The van der Waals surface area contributed by atoms with Crippen LogP contribution in [0.25, 0.3) is 0 Å². The molecule has 37 heavy (non-hydrogen) atoms. The first kappa shape index (κ1) is 27.5. The normalized spacial score (nSPS) is 25.6. The van der Waals surface area contributed by atoms with E-state index in [-0.39, 0.29) is 31.1 Å². The van der Waals surface area contributed by atoms with Gasteiger partial charge in [0.25, 0.3) is 5.91 Å². The monoisotopic (exact) mass is 558 g/mol. The van der Waals surface area contributed by atoms with Gasteiger partial charge in [-0.2, -0.15) is 0 Å². The minimum atomic E-state index is -4.81. The molecule has 4 rings (SSSR count). The number of carbonyl (C=O) groups excluding carboxylic acids is 2. The van der Waals surface area contributed by atoms with Crippen molar-refractivity contribution in [2.75, 3.05) is 20.2 Å². The third kappa shape index (κ3) is 5.53. The van der Waals surface area contributed by atoms with E-state index in [1.807, 2.05) is 17.0 Å². The average molecular weight is 559 g/mol. The maximum atomic E-state index is 13.8. The van der Waals surface area contributed by atoms with Crippen LogP contribution >= 0.6 is 23.4 Å². The van der Waals surface area contributed by atoms with E-state index in [0.29, 0.717) is 17.1 Å². The Balaban J connectivity index is 1.61. The molecule has 2 fully saturated rings. The Hall–Kier alpha value is -2.51. The minimum Gasteiger partial charge on any atom is -0.406 e. The molecule has 4 atom stereocenters. The van der Waals surface area contributed by atoms with Gasteiger partial charge < -0.3 is 20.5 Å². The van der Waals surface area contributed by atoms with E-state index in [1.165, 1.54) is 41.9 Å². The number of aliphatic hydroxyl groups is 1. The number of halogens is 4. The Morgan fingerprint density at radius 2 is 1.86 bits per heavy atom. The highest BCUT2D eigenvalue weighted by Gasteiger charge is 2.75. The van der Waals surface area contributed by atoms with Crippen LogP contribution in [0.1, 0.15) is 17.5 Å². The number of nitrogens with zero attached hydrogens (tertiary/aromatic N) is 3. The molecule has 2 aromatic carbocycles. The molecular formula is C24H26ClF3N4O4S. The molecule has 8 nitrogen and oxygen atoms in total. The van der Waals surface area contributed by atoms with E-state index >= 15 is 0 Å². The number of ether oxygens (including phenoxy) is 1. The van der Waals surface area contributed by atoms with Crippen molar-refractivity contribution in [1.29, 1.82) is 0 Å². The quantitative estimate of drug-likeness (QED) is 0.454. The molecule has 2 saturated heterocycles. The summed E-state index contributed by atoms with van der Waals surface area (Å²) in [6.45, 7) is 0.181. The number of likely N-dealkylation sites (N-methyl/N-ethyl adjacent to an activating group) is 1. The van der Waals surface area contributed by atoms with Gasteiger partial charge in [-0.15, -0.1) is 24.9 Å². The number of alkyl halides is 3. The zero-order chi connectivity index (χ0) is 27.0. The molecule has 2 heterocycles. The molecule has 0 radical (unpaired) electrons. The van der Waals surface area contributed by atoms with Crippen LogP contribution in [0.15, 0.2) is 48.5 Å². The number of carbonyl (C=O) groups is 2. The molecule has 3 unspecified atom stereocenters. The third-order valence-electron chi connectivity index (χ3n) is 6.40. The van der Waals surface area contributed by atoms with Crippen molar-refractivity contribution < 1.29 is 32.6 Å². The zero-order valence-electron chi connectivity index (χ0n) is 19.8. The predicted octanol–water partition coefficient (Wildman–Crippen LogP) is 3.61. The highest BCUT2D eigenvalue weighted by molar-refractivity contribution is 7.99. The van der Waals surface area contributed by atoms with E-state index in [2.05, 4.69) is 4.74 Å². The Morgan fingerprint density at radius 3 is 2.51 bits per heavy atom. The molecule has 2 aliphatic rings. The van der Waals surface area contributed by atoms with Gasteiger partial charge in [-0.05, 0) is 41.8 Å². The van der Waals surface area contributed by atoms with Crippen LogP contribution in [0.4, 0.5) is 18.0 Å². The number of hydrogen-bond acceptors (Lipinski definition) is 7. The second-order valence-electron chi connectivity index (χ2n) is 8.81. The molecule has 3 amide bonds.